The van der Waals surface area contributed by atoms with Gasteiger partial charge in [0.15, 0.2) is 0 Å². The summed E-state index contributed by atoms with van der Waals surface area (Å²) in [7, 11) is -2.23. The first-order chi connectivity index (χ1) is 40.7. The highest BCUT2D eigenvalue weighted by atomic mass is 32.3. The van der Waals surface area contributed by atoms with Gasteiger partial charge in [-0.2, -0.15) is 0 Å². The van der Waals surface area contributed by atoms with E-state index in [9.17, 15) is 0 Å². The molecule has 1 aliphatic rings. The van der Waals surface area contributed by atoms with E-state index in [4.69, 9.17) is 0 Å². The van der Waals surface area contributed by atoms with E-state index in [1.54, 1.807) is 0 Å². The standard InChI is InChI=1S/C79H54N2S/c1-5-25-55(26-6-1)64-40-24-41-70-69-39-17-22-46-76(69)81(78(64)70)77-52-51-63(54-71(77)56-27-23-30-59(53-56)80-74-44-20-15-37-67(74)68-38-16-21-45-75(68)80)82(60-31-9-3-10-32-60,61-33-11-4-12-34-61)62-49-47-58(48-50-62)79(57-28-7-2-8-29-57)72-42-18-13-35-65(72)66-36-14-19-43-73(66)79/h1-54H. The summed E-state index contributed by atoms with van der Waals surface area (Å²) in [4.78, 5) is 5.04. The van der Waals surface area contributed by atoms with Gasteiger partial charge in [0.05, 0.1) is 33.2 Å². The molecule has 0 unspecified atom stereocenters. The van der Waals surface area contributed by atoms with Crippen molar-refractivity contribution in [2.75, 3.05) is 0 Å². The van der Waals surface area contributed by atoms with Crippen molar-refractivity contribution >= 4 is 53.6 Å². The van der Waals surface area contributed by atoms with Crippen LogP contribution in [0.15, 0.2) is 347 Å². The van der Waals surface area contributed by atoms with Crippen LogP contribution in [0.5, 0.6) is 0 Å². The normalized spacial score (nSPS) is 12.9. The van der Waals surface area contributed by atoms with Gasteiger partial charge in [-0.3, -0.25) is 0 Å². The van der Waals surface area contributed by atoms with Crippen molar-refractivity contribution in [2.45, 2.75) is 25.0 Å². The molecule has 3 heteroatoms. The Bertz CT molecular complexity index is 4760. The summed E-state index contributed by atoms with van der Waals surface area (Å²) in [5.41, 5.74) is 18.8. The van der Waals surface area contributed by atoms with Gasteiger partial charge in [0.1, 0.15) is 0 Å². The van der Waals surface area contributed by atoms with Crippen molar-refractivity contribution in [2.24, 2.45) is 0 Å². The van der Waals surface area contributed by atoms with E-state index in [1.165, 1.54) is 102 Å². The first-order valence-corrected chi connectivity index (χ1v) is 29.9. The molecule has 0 amide bonds. The number of hydrogen-bond donors (Lipinski definition) is 0. The first-order valence-electron chi connectivity index (χ1n) is 28.3. The largest absolute Gasteiger partial charge is 0.309 e. The van der Waals surface area contributed by atoms with Gasteiger partial charge < -0.3 is 9.13 Å². The molecule has 2 heterocycles. The Morgan fingerprint density at radius 2 is 0.683 bits per heavy atom. The van der Waals surface area contributed by atoms with Crippen molar-refractivity contribution in [3.63, 3.8) is 0 Å². The molecule has 1 aliphatic carbocycles. The molecular weight excluding hydrogens is 1010 g/mol. The molecule has 0 spiro atoms. The third kappa shape index (κ3) is 7.10. The summed E-state index contributed by atoms with van der Waals surface area (Å²) in [5.74, 6) is 0. The molecule has 386 valence electrons. The fraction of sp³-hybridized carbons (Fsp3) is 0.0127. The van der Waals surface area contributed by atoms with Gasteiger partial charge in [-0.1, -0.05) is 243 Å². The van der Waals surface area contributed by atoms with E-state index in [1.807, 2.05) is 0 Å². The van der Waals surface area contributed by atoms with E-state index >= 15 is 0 Å². The van der Waals surface area contributed by atoms with E-state index < -0.39 is 15.4 Å². The van der Waals surface area contributed by atoms with Crippen LogP contribution in [0, 0.1) is 0 Å². The number of fused-ring (bicyclic) bond motifs is 9. The molecule has 13 aromatic carbocycles. The highest BCUT2D eigenvalue weighted by Crippen LogP contribution is 2.74. The van der Waals surface area contributed by atoms with Crippen LogP contribution >= 0.6 is 10.0 Å². The summed E-state index contributed by atoms with van der Waals surface area (Å²) in [6.45, 7) is 0. The smallest absolute Gasteiger partial charge is 0.0713 e. The maximum absolute atomic E-state index is 2.56. The molecule has 0 fully saturated rings. The fourth-order valence-electron chi connectivity index (χ4n) is 14.0. The maximum atomic E-state index is 2.56. The van der Waals surface area contributed by atoms with Gasteiger partial charge in [0.25, 0.3) is 0 Å². The summed E-state index contributed by atoms with van der Waals surface area (Å²) >= 11 is 0. The van der Waals surface area contributed by atoms with Crippen molar-refractivity contribution in [1.82, 2.24) is 9.13 Å². The van der Waals surface area contributed by atoms with Crippen LogP contribution in [-0.4, -0.2) is 9.13 Å². The fourth-order valence-corrected chi connectivity index (χ4v) is 17.8. The average Bonchev–Trinajstić information content (AvgIpc) is 3.21. The molecule has 0 N–H and O–H groups in total. The van der Waals surface area contributed by atoms with Crippen LogP contribution in [0.2, 0.25) is 0 Å². The van der Waals surface area contributed by atoms with E-state index in [-0.39, 0.29) is 0 Å². The molecular formula is C79H54N2S. The number of nitrogens with zero attached hydrogens (tertiary/aromatic N) is 2. The summed E-state index contributed by atoms with van der Waals surface area (Å²) in [5, 5.41) is 4.93. The van der Waals surface area contributed by atoms with Crippen molar-refractivity contribution in [1.29, 1.82) is 0 Å². The highest BCUT2D eigenvalue weighted by molar-refractivity contribution is 8.34. The molecule has 0 saturated heterocycles. The van der Waals surface area contributed by atoms with Gasteiger partial charge in [-0.05, 0) is 129 Å². The molecule has 2 nitrogen and oxygen atoms in total. The zero-order chi connectivity index (χ0) is 54.2. The Kier molecular flexibility index (Phi) is 11.2. The number of aromatic nitrogens is 2. The van der Waals surface area contributed by atoms with Crippen molar-refractivity contribution in [3.05, 3.63) is 350 Å². The van der Waals surface area contributed by atoms with Gasteiger partial charge in [-0.15, -0.1) is 10.0 Å². The lowest BCUT2D eigenvalue weighted by Gasteiger charge is -2.43. The quantitative estimate of drug-likeness (QED) is 0.129. The third-order valence-corrected chi connectivity index (χ3v) is 21.2. The van der Waals surface area contributed by atoms with Crippen LogP contribution in [0.1, 0.15) is 22.3 Å². The van der Waals surface area contributed by atoms with Crippen LogP contribution in [0.4, 0.5) is 0 Å². The Morgan fingerprint density at radius 1 is 0.256 bits per heavy atom. The monoisotopic (exact) mass is 1060 g/mol. The van der Waals surface area contributed by atoms with Crippen LogP contribution in [0.3, 0.4) is 0 Å². The Hall–Kier alpha value is -10.2. The lowest BCUT2D eigenvalue weighted by molar-refractivity contribution is 0.767. The molecule has 0 radical (unpaired) electrons. The Morgan fingerprint density at radius 3 is 1.29 bits per heavy atom. The lowest BCUT2D eigenvalue weighted by Crippen LogP contribution is -2.28. The minimum Gasteiger partial charge on any atom is -0.309 e. The zero-order valence-corrected chi connectivity index (χ0v) is 45.8. The van der Waals surface area contributed by atoms with Crippen molar-refractivity contribution in [3.8, 4) is 44.8 Å². The topological polar surface area (TPSA) is 9.86 Å². The predicted octanol–water partition coefficient (Wildman–Crippen LogP) is 20.9. The molecule has 16 rings (SSSR count). The first kappa shape index (κ1) is 47.8. The second-order valence-corrected chi connectivity index (χ2v) is 24.6. The zero-order valence-electron chi connectivity index (χ0n) is 45.0. The number of hydrogen-bond acceptors (Lipinski definition) is 0. The van der Waals surface area contributed by atoms with Gasteiger partial charge in [0, 0.05) is 57.9 Å². The minimum atomic E-state index is -2.23. The van der Waals surface area contributed by atoms with Gasteiger partial charge >= 0.3 is 0 Å². The number of para-hydroxylation sites is 4. The van der Waals surface area contributed by atoms with E-state index in [0.29, 0.717) is 0 Å². The molecule has 0 saturated carbocycles. The van der Waals surface area contributed by atoms with Crippen LogP contribution in [-0.2, 0) is 5.41 Å². The molecule has 2 aromatic heterocycles. The van der Waals surface area contributed by atoms with Crippen molar-refractivity contribution < 1.29 is 0 Å². The van der Waals surface area contributed by atoms with Crippen LogP contribution in [0.25, 0.3) is 88.4 Å². The SMILES string of the molecule is c1ccc(-c2cccc3c4ccccc4n(-c4ccc(S(c5ccccc5)(c5ccccc5)c5ccc(C6(c7ccccc7)c7ccccc7-c7ccccc76)cc5)cc4-c4cccc(-n5c6ccccc6c6ccccc65)c4)c23)cc1. The lowest BCUT2D eigenvalue weighted by atomic mass is 9.68. The predicted molar refractivity (Wildman–Crippen MR) is 343 cm³/mol. The molecule has 0 bridgehead atoms. The van der Waals surface area contributed by atoms with E-state index in [2.05, 4.69) is 337 Å². The van der Waals surface area contributed by atoms with Gasteiger partial charge in [0.2, 0.25) is 0 Å². The minimum absolute atomic E-state index is 0.526. The second kappa shape index (κ2) is 19.3. The summed E-state index contributed by atoms with van der Waals surface area (Å²) in [6.07, 6.45) is 0. The Balaban J connectivity index is 0.993. The summed E-state index contributed by atoms with van der Waals surface area (Å²) < 4.78 is 5.00. The average molecular weight is 1060 g/mol. The number of rotatable bonds is 10. The Labute approximate surface area is 479 Å². The van der Waals surface area contributed by atoms with E-state index in [0.717, 1.165) is 28.0 Å². The molecule has 15 aromatic rings. The third-order valence-electron chi connectivity index (χ3n) is 17.3. The van der Waals surface area contributed by atoms with Crippen LogP contribution < -0.4 is 0 Å². The molecule has 82 heavy (non-hydrogen) atoms. The second-order valence-electron chi connectivity index (χ2n) is 21.5. The van der Waals surface area contributed by atoms with Gasteiger partial charge in [-0.25, -0.2) is 0 Å². The highest BCUT2D eigenvalue weighted by Gasteiger charge is 2.46. The number of benzene rings is 13. The molecule has 0 atom stereocenters. The molecule has 0 aliphatic heterocycles. The summed E-state index contributed by atoms with van der Waals surface area (Å²) in [6, 6.07) is 123. The maximum Gasteiger partial charge on any atom is 0.0713 e.